The van der Waals surface area contributed by atoms with Crippen LogP contribution in [0.15, 0.2) is 24.3 Å². The summed E-state index contributed by atoms with van der Waals surface area (Å²) in [6.07, 6.45) is 2.12. The predicted molar refractivity (Wildman–Crippen MR) is 70.6 cm³/mol. The van der Waals surface area contributed by atoms with Crippen LogP contribution in [0.25, 0.3) is 0 Å². The molecule has 0 saturated carbocycles. The lowest BCUT2D eigenvalue weighted by molar-refractivity contribution is 0.576. The molecule has 16 heavy (non-hydrogen) atoms. The van der Waals surface area contributed by atoms with E-state index in [1.54, 1.807) is 0 Å². The highest BCUT2D eigenvalue weighted by Crippen LogP contribution is 2.14. The van der Waals surface area contributed by atoms with Crippen LogP contribution in [0.4, 0.5) is 0 Å². The van der Waals surface area contributed by atoms with E-state index in [4.69, 9.17) is 5.26 Å². The summed E-state index contributed by atoms with van der Waals surface area (Å²) in [5, 5.41) is 12.8. The minimum Gasteiger partial charge on any atom is -0.309 e. The van der Waals surface area contributed by atoms with Crippen molar-refractivity contribution in [3.8, 4) is 6.07 Å². The van der Waals surface area contributed by atoms with Gasteiger partial charge >= 0.3 is 0 Å². The average molecular weight is 234 g/mol. The van der Waals surface area contributed by atoms with E-state index in [9.17, 15) is 0 Å². The molecule has 0 bridgehead atoms. The molecule has 0 fully saturated rings. The van der Waals surface area contributed by atoms with Crippen molar-refractivity contribution < 1.29 is 0 Å². The summed E-state index contributed by atoms with van der Waals surface area (Å²) in [5.74, 6) is 0. The van der Waals surface area contributed by atoms with E-state index in [-0.39, 0.29) is 0 Å². The highest BCUT2D eigenvalue weighted by Gasteiger charge is 2.06. The van der Waals surface area contributed by atoms with Crippen molar-refractivity contribution in [3.63, 3.8) is 0 Å². The molecule has 0 saturated heterocycles. The quantitative estimate of drug-likeness (QED) is 0.851. The molecule has 2 nitrogen and oxygen atoms in total. The zero-order valence-electron chi connectivity index (χ0n) is 10.0. The number of rotatable bonds is 5. The molecule has 1 aromatic rings. The minimum absolute atomic E-state index is 0.336. The van der Waals surface area contributed by atoms with E-state index in [2.05, 4.69) is 31.5 Å². The van der Waals surface area contributed by atoms with Crippen molar-refractivity contribution in [2.24, 2.45) is 0 Å². The van der Waals surface area contributed by atoms with Crippen LogP contribution in [0.1, 0.15) is 31.0 Å². The normalized spacial score (nSPS) is 14.1. The van der Waals surface area contributed by atoms with Gasteiger partial charge < -0.3 is 5.32 Å². The highest BCUT2D eigenvalue weighted by molar-refractivity contribution is 7.99. The topological polar surface area (TPSA) is 35.8 Å². The second-order valence-electron chi connectivity index (χ2n) is 3.91. The van der Waals surface area contributed by atoms with Crippen LogP contribution in [0.3, 0.4) is 0 Å². The Labute approximate surface area is 102 Å². The van der Waals surface area contributed by atoms with Gasteiger partial charge in [0.25, 0.3) is 0 Å². The molecule has 2 unspecified atom stereocenters. The first-order chi connectivity index (χ1) is 7.67. The predicted octanol–water partition coefficient (Wildman–Crippen LogP) is 2.96. The first kappa shape index (κ1) is 13.1. The van der Waals surface area contributed by atoms with Gasteiger partial charge in [0.05, 0.1) is 11.6 Å². The number of hydrogen-bond donors (Lipinski definition) is 1. The monoisotopic (exact) mass is 234 g/mol. The number of nitrogens with zero attached hydrogens (tertiary/aromatic N) is 1. The number of benzene rings is 1. The van der Waals surface area contributed by atoms with Gasteiger partial charge in [-0.25, -0.2) is 0 Å². The Morgan fingerprint density at radius 2 is 1.94 bits per heavy atom. The Morgan fingerprint density at radius 3 is 2.44 bits per heavy atom. The first-order valence-corrected chi connectivity index (χ1v) is 6.72. The van der Waals surface area contributed by atoms with E-state index in [1.165, 1.54) is 5.56 Å². The van der Waals surface area contributed by atoms with Crippen LogP contribution in [0.5, 0.6) is 0 Å². The molecule has 0 aromatic heterocycles. The molecule has 1 rings (SSSR count). The van der Waals surface area contributed by atoms with Gasteiger partial charge in [0.15, 0.2) is 0 Å². The molecule has 1 N–H and O–H groups in total. The van der Waals surface area contributed by atoms with Gasteiger partial charge in [0, 0.05) is 17.8 Å². The molecule has 0 aliphatic heterocycles. The molecular weight excluding hydrogens is 216 g/mol. The second kappa shape index (κ2) is 6.57. The summed E-state index contributed by atoms with van der Waals surface area (Å²) in [4.78, 5) is 0. The standard InChI is InChI=1S/C13H18N2S/c1-10(16-3)9-15-11(2)13-6-4-12(8-14)5-7-13/h4-7,10-11,15H,9H2,1-3H3. The van der Waals surface area contributed by atoms with Crippen LogP contribution in [-0.2, 0) is 0 Å². The first-order valence-electron chi connectivity index (χ1n) is 5.43. The van der Waals surface area contributed by atoms with Crippen molar-refractivity contribution in [2.45, 2.75) is 25.1 Å². The Kier molecular flexibility index (Phi) is 5.37. The lowest BCUT2D eigenvalue weighted by Crippen LogP contribution is -2.25. The van der Waals surface area contributed by atoms with Crippen molar-refractivity contribution in [3.05, 3.63) is 35.4 Å². The Balaban J connectivity index is 2.53. The molecular formula is C13H18N2S. The molecule has 0 spiro atoms. The smallest absolute Gasteiger partial charge is 0.0991 e. The zero-order chi connectivity index (χ0) is 12.0. The number of hydrogen-bond acceptors (Lipinski definition) is 3. The van der Waals surface area contributed by atoms with E-state index in [0.717, 1.165) is 6.54 Å². The van der Waals surface area contributed by atoms with Gasteiger partial charge in [-0.1, -0.05) is 19.1 Å². The van der Waals surface area contributed by atoms with Crippen molar-refractivity contribution >= 4 is 11.8 Å². The Bertz CT molecular complexity index is 353. The molecule has 86 valence electrons. The van der Waals surface area contributed by atoms with Gasteiger partial charge in [0.1, 0.15) is 0 Å². The van der Waals surface area contributed by atoms with Crippen molar-refractivity contribution in [1.29, 1.82) is 5.26 Å². The van der Waals surface area contributed by atoms with Gasteiger partial charge in [-0.15, -0.1) is 0 Å². The van der Waals surface area contributed by atoms with E-state index >= 15 is 0 Å². The number of nitriles is 1. The summed E-state index contributed by atoms with van der Waals surface area (Å²) in [7, 11) is 0. The maximum atomic E-state index is 8.71. The fourth-order valence-corrected chi connectivity index (χ4v) is 1.65. The number of nitrogens with one attached hydrogen (secondary N) is 1. The lowest BCUT2D eigenvalue weighted by atomic mass is 10.1. The number of thioether (sulfide) groups is 1. The third kappa shape index (κ3) is 3.88. The van der Waals surface area contributed by atoms with E-state index in [1.807, 2.05) is 36.0 Å². The Morgan fingerprint density at radius 1 is 1.31 bits per heavy atom. The van der Waals surface area contributed by atoms with Crippen LogP contribution in [0, 0.1) is 11.3 Å². The minimum atomic E-state index is 0.336. The molecule has 1 aromatic carbocycles. The third-order valence-electron chi connectivity index (χ3n) is 2.65. The summed E-state index contributed by atoms with van der Waals surface area (Å²) >= 11 is 1.86. The summed E-state index contributed by atoms with van der Waals surface area (Å²) in [6, 6.07) is 10.2. The molecule has 0 heterocycles. The summed E-state index contributed by atoms with van der Waals surface area (Å²) in [6.45, 7) is 5.36. The summed E-state index contributed by atoms with van der Waals surface area (Å²) in [5.41, 5.74) is 1.95. The van der Waals surface area contributed by atoms with Crippen molar-refractivity contribution in [2.75, 3.05) is 12.8 Å². The maximum Gasteiger partial charge on any atom is 0.0991 e. The highest BCUT2D eigenvalue weighted by atomic mass is 32.2. The van der Waals surface area contributed by atoms with Crippen LogP contribution in [0.2, 0.25) is 0 Å². The van der Waals surface area contributed by atoms with Gasteiger partial charge in [-0.2, -0.15) is 17.0 Å². The fraction of sp³-hybridized carbons (Fsp3) is 0.462. The van der Waals surface area contributed by atoms with Crippen LogP contribution < -0.4 is 5.32 Å². The largest absolute Gasteiger partial charge is 0.309 e. The molecule has 0 aliphatic rings. The molecule has 3 heteroatoms. The van der Waals surface area contributed by atoms with E-state index < -0.39 is 0 Å². The SMILES string of the molecule is CSC(C)CNC(C)c1ccc(C#N)cc1. The van der Waals surface area contributed by atoms with Crippen LogP contribution >= 0.6 is 11.8 Å². The Hall–Kier alpha value is -0.980. The average Bonchev–Trinajstić information content (AvgIpc) is 2.35. The molecule has 0 radical (unpaired) electrons. The molecule has 2 atom stereocenters. The second-order valence-corrected chi connectivity index (χ2v) is 5.19. The van der Waals surface area contributed by atoms with Crippen molar-refractivity contribution in [1.82, 2.24) is 5.32 Å². The zero-order valence-corrected chi connectivity index (χ0v) is 10.8. The molecule has 0 amide bonds. The van der Waals surface area contributed by atoms with Gasteiger partial charge in [-0.3, -0.25) is 0 Å². The van der Waals surface area contributed by atoms with Gasteiger partial charge in [0.2, 0.25) is 0 Å². The third-order valence-corrected chi connectivity index (χ3v) is 3.63. The van der Waals surface area contributed by atoms with E-state index in [0.29, 0.717) is 16.9 Å². The fourth-order valence-electron chi connectivity index (χ4n) is 1.39. The van der Waals surface area contributed by atoms with Crippen LogP contribution in [-0.4, -0.2) is 18.1 Å². The molecule has 0 aliphatic carbocycles. The summed E-state index contributed by atoms with van der Waals surface area (Å²) < 4.78 is 0. The lowest BCUT2D eigenvalue weighted by Gasteiger charge is -2.16. The maximum absolute atomic E-state index is 8.71. The van der Waals surface area contributed by atoms with Gasteiger partial charge in [-0.05, 0) is 30.9 Å².